The Balaban J connectivity index is 1.12. The van der Waals surface area contributed by atoms with Crippen LogP contribution in [0, 0.1) is 5.82 Å². The Morgan fingerprint density at radius 3 is 2.50 bits per heavy atom. The number of nitrogens with zero attached hydrogens (tertiary/aromatic N) is 5. The van der Waals surface area contributed by atoms with Crippen LogP contribution in [-0.2, 0) is 11.2 Å². The van der Waals surface area contributed by atoms with Gasteiger partial charge in [0.05, 0.1) is 11.9 Å². The van der Waals surface area contributed by atoms with Crippen LogP contribution in [0.3, 0.4) is 0 Å². The van der Waals surface area contributed by atoms with Crippen molar-refractivity contribution in [3.63, 3.8) is 0 Å². The molecule has 1 saturated heterocycles. The van der Waals surface area contributed by atoms with Gasteiger partial charge in [-0.3, -0.25) is 14.7 Å². The molecule has 0 saturated carbocycles. The summed E-state index contributed by atoms with van der Waals surface area (Å²) in [4.78, 5) is 38.2. The number of nitrogens with one attached hydrogen (secondary N) is 3. The first-order chi connectivity index (χ1) is 20.4. The SMILES string of the molecule is CN1CCN(C(=O)c2ccc(-c3ccc4c(Nc5cc(CC(=O)Nc6cccc(F)c6)[nH]n5)ncnc4c3)cc2)CC1. The number of halogens is 1. The number of aromatic amines is 1. The average molecular weight is 565 g/mol. The number of likely N-dealkylation sites (N-methyl/N-ethyl adjacent to an activating group) is 1. The van der Waals surface area contributed by atoms with E-state index in [2.05, 4.69) is 42.7 Å². The van der Waals surface area contributed by atoms with Gasteiger partial charge in [0.25, 0.3) is 5.91 Å². The molecule has 1 aliphatic heterocycles. The second-order valence-corrected chi connectivity index (χ2v) is 10.3. The number of H-pyrrole nitrogens is 1. The fourth-order valence-electron chi connectivity index (χ4n) is 4.92. The van der Waals surface area contributed by atoms with Crippen molar-refractivity contribution >= 4 is 40.0 Å². The summed E-state index contributed by atoms with van der Waals surface area (Å²) in [5.74, 6) is 0.407. The molecule has 3 N–H and O–H groups in total. The number of carbonyl (C=O) groups is 2. The number of benzene rings is 3. The lowest BCUT2D eigenvalue weighted by atomic mass is 10.0. The summed E-state index contributed by atoms with van der Waals surface area (Å²) in [6.45, 7) is 3.25. The van der Waals surface area contributed by atoms with E-state index in [9.17, 15) is 14.0 Å². The number of hydrogen-bond donors (Lipinski definition) is 3. The van der Waals surface area contributed by atoms with Crippen LogP contribution in [0.15, 0.2) is 79.1 Å². The molecule has 10 nitrogen and oxygen atoms in total. The quantitative estimate of drug-likeness (QED) is 0.267. The summed E-state index contributed by atoms with van der Waals surface area (Å²) in [6, 6.07) is 21.0. The van der Waals surface area contributed by atoms with E-state index in [0.29, 0.717) is 28.6 Å². The molecule has 0 spiro atoms. The van der Waals surface area contributed by atoms with Gasteiger partial charge in [-0.1, -0.05) is 24.3 Å². The molecule has 42 heavy (non-hydrogen) atoms. The molecule has 212 valence electrons. The van der Waals surface area contributed by atoms with Crippen LogP contribution in [0.2, 0.25) is 0 Å². The molecule has 2 amide bonds. The Labute approximate surface area is 241 Å². The van der Waals surface area contributed by atoms with Gasteiger partial charge in [-0.2, -0.15) is 5.10 Å². The monoisotopic (exact) mass is 564 g/mol. The lowest BCUT2D eigenvalue weighted by Crippen LogP contribution is -2.47. The molecule has 0 aliphatic carbocycles. The number of carbonyl (C=O) groups excluding carboxylic acids is 2. The number of rotatable bonds is 7. The van der Waals surface area contributed by atoms with Crippen LogP contribution in [-0.4, -0.2) is 75.0 Å². The second-order valence-electron chi connectivity index (χ2n) is 10.3. The molecule has 1 aliphatic rings. The van der Waals surface area contributed by atoms with Gasteiger partial charge in [0.2, 0.25) is 5.91 Å². The molecule has 0 atom stereocenters. The normalized spacial score (nSPS) is 13.7. The fraction of sp³-hybridized carbons (Fsp3) is 0.194. The lowest BCUT2D eigenvalue weighted by molar-refractivity contribution is -0.115. The standard InChI is InChI=1S/C31H29FN8O2/c1-39-11-13-40(14-12-39)31(42)21-7-5-20(6-8-21)22-9-10-26-27(15-22)33-19-34-30(26)36-28-17-25(37-38-28)18-29(41)35-24-4-2-3-23(32)16-24/h2-10,15-17,19H,11-14,18H2,1H3,(H,35,41)(H2,33,34,36,37,38). The topological polar surface area (TPSA) is 119 Å². The molecule has 6 rings (SSSR count). The molecule has 1 fully saturated rings. The Kier molecular flexibility index (Phi) is 7.56. The van der Waals surface area contributed by atoms with E-state index in [0.717, 1.165) is 48.2 Å². The Bertz CT molecular complexity index is 1750. The highest BCUT2D eigenvalue weighted by atomic mass is 19.1. The number of aromatic nitrogens is 4. The van der Waals surface area contributed by atoms with E-state index >= 15 is 0 Å². The van der Waals surface area contributed by atoms with Crippen LogP contribution in [0.5, 0.6) is 0 Å². The number of anilines is 3. The Hall–Kier alpha value is -5.16. The van der Waals surface area contributed by atoms with E-state index in [-0.39, 0.29) is 18.2 Å². The van der Waals surface area contributed by atoms with Crippen LogP contribution >= 0.6 is 0 Å². The number of hydrogen-bond acceptors (Lipinski definition) is 7. The predicted octanol–water partition coefficient (Wildman–Crippen LogP) is 4.47. The molecule has 3 aromatic carbocycles. The maximum atomic E-state index is 13.4. The first-order valence-electron chi connectivity index (χ1n) is 13.6. The maximum Gasteiger partial charge on any atom is 0.253 e. The van der Waals surface area contributed by atoms with Crippen LogP contribution in [0.1, 0.15) is 16.1 Å². The highest BCUT2D eigenvalue weighted by molar-refractivity contribution is 5.96. The molecular formula is C31H29FN8O2. The highest BCUT2D eigenvalue weighted by Gasteiger charge is 2.20. The van der Waals surface area contributed by atoms with Crippen molar-refractivity contribution < 1.29 is 14.0 Å². The molecule has 0 bridgehead atoms. The summed E-state index contributed by atoms with van der Waals surface area (Å²) in [7, 11) is 2.07. The second kappa shape index (κ2) is 11.8. The molecule has 0 radical (unpaired) electrons. The molecule has 2 aromatic heterocycles. The van der Waals surface area contributed by atoms with Gasteiger partial charge in [-0.25, -0.2) is 14.4 Å². The fourth-order valence-corrected chi connectivity index (χ4v) is 4.92. The third-order valence-electron chi connectivity index (χ3n) is 7.23. The third kappa shape index (κ3) is 6.11. The molecule has 0 unspecified atom stereocenters. The van der Waals surface area contributed by atoms with Crippen molar-refractivity contribution in [1.82, 2.24) is 30.0 Å². The van der Waals surface area contributed by atoms with Crippen LogP contribution in [0.25, 0.3) is 22.0 Å². The van der Waals surface area contributed by atoms with Gasteiger partial charge < -0.3 is 20.4 Å². The average Bonchev–Trinajstić information content (AvgIpc) is 3.43. The van der Waals surface area contributed by atoms with E-state index in [1.165, 1.54) is 24.5 Å². The molecule has 5 aromatic rings. The zero-order valence-electron chi connectivity index (χ0n) is 23.0. The largest absolute Gasteiger partial charge is 0.336 e. The Morgan fingerprint density at radius 2 is 1.71 bits per heavy atom. The summed E-state index contributed by atoms with van der Waals surface area (Å²) < 4.78 is 13.4. The van der Waals surface area contributed by atoms with Gasteiger partial charge in [0.15, 0.2) is 5.82 Å². The zero-order valence-corrected chi connectivity index (χ0v) is 23.0. The van der Waals surface area contributed by atoms with Crippen molar-refractivity contribution in [2.75, 3.05) is 43.9 Å². The van der Waals surface area contributed by atoms with E-state index in [4.69, 9.17) is 0 Å². The summed E-state index contributed by atoms with van der Waals surface area (Å²) in [6.07, 6.45) is 1.52. The lowest BCUT2D eigenvalue weighted by Gasteiger charge is -2.32. The van der Waals surface area contributed by atoms with Crippen LogP contribution in [0.4, 0.5) is 21.7 Å². The minimum absolute atomic E-state index is 0.0405. The predicted molar refractivity (Wildman–Crippen MR) is 159 cm³/mol. The minimum atomic E-state index is -0.420. The van der Waals surface area contributed by atoms with E-state index in [1.807, 2.05) is 47.4 Å². The van der Waals surface area contributed by atoms with Crippen molar-refractivity contribution in [3.05, 3.63) is 96.2 Å². The van der Waals surface area contributed by atoms with Gasteiger partial charge in [-0.05, 0) is 60.6 Å². The van der Waals surface area contributed by atoms with Crippen molar-refractivity contribution in [2.45, 2.75) is 6.42 Å². The highest BCUT2D eigenvalue weighted by Crippen LogP contribution is 2.28. The van der Waals surface area contributed by atoms with Gasteiger partial charge in [0.1, 0.15) is 18.0 Å². The first kappa shape index (κ1) is 27.0. The summed E-state index contributed by atoms with van der Waals surface area (Å²) in [5.41, 5.74) is 4.35. The first-order valence-corrected chi connectivity index (χ1v) is 13.6. The van der Waals surface area contributed by atoms with E-state index in [1.54, 1.807) is 12.1 Å². The van der Waals surface area contributed by atoms with Crippen molar-refractivity contribution in [1.29, 1.82) is 0 Å². The minimum Gasteiger partial charge on any atom is -0.336 e. The van der Waals surface area contributed by atoms with Crippen molar-refractivity contribution in [2.24, 2.45) is 0 Å². The number of piperazine rings is 1. The molecule has 11 heteroatoms. The van der Waals surface area contributed by atoms with Crippen molar-refractivity contribution in [3.8, 4) is 11.1 Å². The number of fused-ring (bicyclic) bond motifs is 1. The number of amides is 2. The van der Waals surface area contributed by atoms with Gasteiger partial charge in [-0.15, -0.1) is 0 Å². The summed E-state index contributed by atoms with van der Waals surface area (Å²) >= 11 is 0. The van der Waals surface area contributed by atoms with Crippen LogP contribution < -0.4 is 10.6 Å². The zero-order chi connectivity index (χ0) is 29.1. The molecule has 3 heterocycles. The Morgan fingerprint density at radius 1 is 0.929 bits per heavy atom. The van der Waals surface area contributed by atoms with Gasteiger partial charge >= 0.3 is 0 Å². The van der Waals surface area contributed by atoms with Gasteiger partial charge in [0, 0.05) is 54.6 Å². The smallest absolute Gasteiger partial charge is 0.253 e. The summed E-state index contributed by atoms with van der Waals surface area (Å²) in [5, 5.41) is 13.8. The third-order valence-corrected chi connectivity index (χ3v) is 7.23. The maximum absolute atomic E-state index is 13.4. The molecular weight excluding hydrogens is 535 g/mol. The van der Waals surface area contributed by atoms with E-state index < -0.39 is 5.82 Å².